The molecule has 0 saturated heterocycles. The van der Waals surface area contributed by atoms with E-state index in [1.54, 1.807) is 12.1 Å². The van der Waals surface area contributed by atoms with E-state index in [1.165, 1.54) is 13.2 Å². The summed E-state index contributed by atoms with van der Waals surface area (Å²) in [6, 6.07) is 4.74. The Balaban J connectivity index is 2.20. The number of nitrogens with zero attached hydrogens (tertiary/aromatic N) is 1. The molecule has 0 aromatic carbocycles. The number of hydrogen-bond acceptors (Lipinski definition) is 5. The number of carbonyl (C=O) groups excluding carboxylic acids is 1. The minimum absolute atomic E-state index is 0.0331. The van der Waals surface area contributed by atoms with Gasteiger partial charge in [0, 0.05) is 19.2 Å². The molecule has 0 unspecified atom stereocenters. The zero-order valence-corrected chi connectivity index (χ0v) is 11.9. The van der Waals surface area contributed by atoms with Gasteiger partial charge >= 0.3 is 0 Å². The van der Waals surface area contributed by atoms with Gasteiger partial charge in [0.15, 0.2) is 20.6 Å². The smallest absolute Gasteiger partial charge is 0.196 e. The van der Waals surface area contributed by atoms with E-state index in [0.29, 0.717) is 11.2 Å². The van der Waals surface area contributed by atoms with Crippen LogP contribution >= 0.6 is 0 Å². The Bertz CT molecular complexity index is 734. The molecule has 0 spiro atoms. The third-order valence-corrected chi connectivity index (χ3v) is 4.39. The molecule has 0 amide bonds. The van der Waals surface area contributed by atoms with Crippen molar-refractivity contribution < 1.29 is 17.9 Å². The van der Waals surface area contributed by atoms with Crippen LogP contribution in [0, 0.1) is 6.92 Å². The van der Waals surface area contributed by atoms with Gasteiger partial charge in [-0.15, -0.1) is 0 Å². The zero-order valence-electron chi connectivity index (χ0n) is 11.0. The van der Waals surface area contributed by atoms with Gasteiger partial charge in [0.1, 0.15) is 6.61 Å². The number of aromatic amines is 1. The van der Waals surface area contributed by atoms with Crippen LogP contribution in [-0.4, -0.2) is 43.6 Å². The van der Waals surface area contributed by atoms with Crippen molar-refractivity contribution in [3.8, 4) is 0 Å². The van der Waals surface area contributed by atoms with Crippen LogP contribution in [0.25, 0.3) is 11.0 Å². The fourth-order valence-corrected chi connectivity index (χ4v) is 3.02. The third kappa shape index (κ3) is 3.23. The molecule has 7 heteroatoms. The van der Waals surface area contributed by atoms with E-state index < -0.39 is 9.84 Å². The number of ether oxygens (including phenoxy) is 1. The fraction of sp³-hybridized carbons (Fsp3) is 0.308. The van der Waals surface area contributed by atoms with Gasteiger partial charge in [-0.1, -0.05) is 0 Å². The molecule has 6 nitrogen and oxygen atoms in total. The summed E-state index contributed by atoms with van der Waals surface area (Å²) >= 11 is 0. The van der Waals surface area contributed by atoms with Crippen molar-refractivity contribution in [3.05, 3.63) is 30.8 Å². The largest absolute Gasteiger partial charge is 0.377 e. The molecule has 2 rings (SSSR count). The van der Waals surface area contributed by atoms with Crippen molar-refractivity contribution in [3.63, 3.8) is 0 Å². The van der Waals surface area contributed by atoms with Crippen LogP contribution in [-0.2, 0) is 19.4 Å². The number of hydrogen-bond donors (Lipinski definition) is 1. The first-order valence-corrected chi connectivity index (χ1v) is 7.63. The number of sulfone groups is 1. The topological polar surface area (TPSA) is 89.1 Å². The lowest BCUT2D eigenvalue weighted by Crippen LogP contribution is -2.15. The van der Waals surface area contributed by atoms with Crippen molar-refractivity contribution in [1.29, 1.82) is 0 Å². The third-order valence-electron chi connectivity index (χ3n) is 2.78. The van der Waals surface area contributed by atoms with Gasteiger partial charge in [-0.25, -0.2) is 13.4 Å². The molecule has 0 bridgehead atoms. The highest BCUT2D eigenvalue weighted by Crippen LogP contribution is 2.17. The number of nitrogens with one attached hydrogen (secondary N) is 1. The van der Waals surface area contributed by atoms with Crippen LogP contribution < -0.4 is 0 Å². The van der Waals surface area contributed by atoms with E-state index in [0.717, 1.165) is 5.52 Å². The van der Waals surface area contributed by atoms with Crippen molar-refractivity contribution in [2.24, 2.45) is 0 Å². The monoisotopic (exact) mass is 295 g/mol. The zero-order chi connectivity index (χ0) is 14.8. The van der Waals surface area contributed by atoms with Gasteiger partial charge in [-0.3, -0.25) is 4.79 Å². The molecule has 2 heterocycles. The highest BCUT2D eigenvalue weighted by atomic mass is 32.2. The molecular formula is C13H15N2O4S. The maximum absolute atomic E-state index is 12.1. The fourth-order valence-electron chi connectivity index (χ4n) is 1.81. The lowest BCUT2D eigenvalue weighted by atomic mass is 10.3. The average Bonchev–Trinajstić information content (AvgIpc) is 2.76. The predicted molar refractivity (Wildman–Crippen MR) is 74.1 cm³/mol. The van der Waals surface area contributed by atoms with Gasteiger partial charge < -0.3 is 9.72 Å². The van der Waals surface area contributed by atoms with Gasteiger partial charge in [0.25, 0.3) is 0 Å². The number of methoxy groups -OCH3 is 1. The van der Waals surface area contributed by atoms with E-state index in [9.17, 15) is 13.2 Å². The van der Waals surface area contributed by atoms with Crippen molar-refractivity contribution >= 4 is 26.7 Å². The van der Waals surface area contributed by atoms with Gasteiger partial charge in [-0.2, -0.15) is 0 Å². The molecule has 1 radical (unpaired) electrons. The van der Waals surface area contributed by atoms with Crippen LogP contribution in [0.15, 0.2) is 23.2 Å². The Morgan fingerprint density at radius 3 is 2.90 bits per heavy atom. The Kier molecular flexibility index (Phi) is 4.20. The SMILES string of the molecule is [CH2]c1cc2nc(S(=O)(=O)CCC(=O)COC)ccc2[nH]1. The Labute approximate surface area is 117 Å². The molecule has 2 aromatic rings. The summed E-state index contributed by atoms with van der Waals surface area (Å²) < 4.78 is 28.9. The molecule has 107 valence electrons. The van der Waals surface area contributed by atoms with Crippen molar-refractivity contribution in [2.45, 2.75) is 11.4 Å². The molecule has 20 heavy (non-hydrogen) atoms. The molecule has 0 fully saturated rings. The summed E-state index contributed by atoms with van der Waals surface area (Å²) in [7, 11) is -2.18. The Morgan fingerprint density at radius 1 is 1.45 bits per heavy atom. The Morgan fingerprint density at radius 2 is 2.20 bits per heavy atom. The summed E-state index contributed by atoms with van der Waals surface area (Å²) in [5.74, 6) is -0.520. The van der Waals surface area contributed by atoms with Crippen molar-refractivity contribution in [2.75, 3.05) is 19.5 Å². The highest BCUT2D eigenvalue weighted by molar-refractivity contribution is 7.91. The van der Waals surface area contributed by atoms with Crippen LogP contribution in [0.5, 0.6) is 0 Å². The number of ketones is 1. The number of aromatic nitrogens is 2. The summed E-state index contributed by atoms with van der Waals surface area (Å²) in [6.45, 7) is 3.65. The number of rotatable bonds is 6. The van der Waals surface area contributed by atoms with Crippen LogP contribution in [0.2, 0.25) is 0 Å². The summed E-state index contributed by atoms with van der Waals surface area (Å²) in [5, 5.41) is -0.0331. The highest BCUT2D eigenvalue weighted by Gasteiger charge is 2.18. The van der Waals surface area contributed by atoms with Crippen LogP contribution in [0.3, 0.4) is 0 Å². The number of fused-ring (bicyclic) bond motifs is 1. The molecular weight excluding hydrogens is 280 g/mol. The average molecular weight is 295 g/mol. The maximum atomic E-state index is 12.1. The van der Waals surface area contributed by atoms with E-state index >= 15 is 0 Å². The van der Waals surface area contributed by atoms with Crippen LogP contribution in [0.4, 0.5) is 0 Å². The van der Waals surface area contributed by atoms with E-state index in [-0.39, 0.29) is 29.6 Å². The van der Waals surface area contributed by atoms with Gasteiger partial charge in [0.05, 0.1) is 16.8 Å². The van der Waals surface area contributed by atoms with Crippen molar-refractivity contribution in [1.82, 2.24) is 9.97 Å². The first kappa shape index (κ1) is 14.7. The second kappa shape index (κ2) is 5.72. The minimum atomic E-state index is -3.58. The molecule has 0 aliphatic rings. The van der Waals surface area contributed by atoms with E-state index in [4.69, 9.17) is 0 Å². The Hall–Kier alpha value is -1.73. The van der Waals surface area contributed by atoms with Gasteiger partial charge in [-0.05, 0) is 25.1 Å². The molecule has 0 aliphatic heterocycles. The summed E-state index contributed by atoms with van der Waals surface area (Å²) in [6.07, 6.45) is -0.0798. The normalized spacial score (nSPS) is 11.9. The summed E-state index contributed by atoms with van der Waals surface area (Å²) in [4.78, 5) is 18.4. The van der Waals surface area contributed by atoms with Gasteiger partial charge in [0.2, 0.25) is 0 Å². The standard InChI is InChI=1S/C13H15N2O4S/c1-9-7-12-11(14-9)3-4-13(15-12)20(17,18)6-5-10(16)8-19-2/h3-4,7,14H,1,5-6,8H2,2H3. The number of pyridine rings is 1. The first-order chi connectivity index (χ1) is 9.42. The predicted octanol–water partition coefficient (Wildman–Crippen LogP) is 1.12. The summed E-state index contributed by atoms with van der Waals surface area (Å²) in [5.41, 5.74) is 1.93. The lowest BCUT2D eigenvalue weighted by Gasteiger charge is -2.03. The molecule has 0 saturated carbocycles. The molecule has 0 atom stereocenters. The second-order valence-electron chi connectivity index (χ2n) is 4.42. The maximum Gasteiger partial charge on any atom is 0.196 e. The molecule has 1 N–H and O–H groups in total. The quantitative estimate of drug-likeness (QED) is 0.862. The lowest BCUT2D eigenvalue weighted by molar-refractivity contribution is -0.122. The minimum Gasteiger partial charge on any atom is -0.377 e. The first-order valence-electron chi connectivity index (χ1n) is 5.97. The van der Waals surface area contributed by atoms with E-state index in [2.05, 4.69) is 21.6 Å². The molecule has 2 aromatic heterocycles. The number of carbonyl (C=O) groups is 1. The second-order valence-corrected chi connectivity index (χ2v) is 6.47. The molecule has 0 aliphatic carbocycles. The number of Topliss-reactive ketones (excluding diaryl/α,β-unsaturated/α-hetero) is 1. The van der Waals surface area contributed by atoms with E-state index in [1.807, 2.05) is 0 Å². The van der Waals surface area contributed by atoms with Crippen LogP contribution in [0.1, 0.15) is 12.1 Å². The number of H-pyrrole nitrogens is 1.